The Morgan fingerprint density at radius 3 is 2.48 bits per heavy atom. The molecule has 2 N–H and O–H groups in total. The molecule has 0 radical (unpaired) electrons. The number of nitrogens with one attached hydrogen (secondary N) is 2. The molecule has 0 fully saturated rings. The third-order valence-electron chi connectivity index (χ3n) is 3.03. The summed E-state index contributed by atoms with van der Waals surface area (Å²) in [6.45, 7) is 5.19. The van der Waals surface area contributed by atoms with E-state index in [9.17, 15) is 18.0 Å². The Balaban J connectivity index is 2.32. The third kappa shape index (κ3) is 5.06. The number of aromatic nitrogens is 2. The van der Waals surface area contributed by atoms with E-state index in [1.165, 1.54) is 12.1 Å². The summed E-state index contributed by atoms with van der Waals surface area (Å²) >= 11 is 5.60. The zero-order valence-corrected chi connectivity index (χ0v) is 14.5. The van der Waals surface area contributed by atoms with E-state index in [1.54, 1.807) is 20.8 Å². The molecule has 0 aliphatic carbocycles. The first kappa shape index (κ1) is 19.0. The summed E-state index contributed by atoms with van der Waals surface area (Å²) in [4.78, 5) is 20.2. The fraction of sp³-hybridized carbons (Fsp3) is 0.312. The first-order chi connectivity index (χ1) is 11.6. The van der Waals surface area contributed by atoms with Crippen LogP contribution < -0.4 is 10.6 Å². The Hall–Kier alpha value is -2.35. The van der Waals surface area contributed by atoms with Crippen LogP contribution in [0.4, 0.5) is 24.7 Å². The number of halogens is 4. The number of alkyl halides is 3. The highest BCUT2D eigenvalue weighted by Gasteiger charge is 2.33. The van der Waals surface area contributed by atoms with Gasteiger partial charge >= 0.3 is 6.18 Å². The van der Waals surface area contributed by atoms with Crippen molar-refractivity contribution in [2.24, 2.45) is 0 Å². The first-order valence-corrected chi connectivity index (χ1v) is 7.74. The number of rotatable bonds is 4. The summed E-state index contributed by atoms with van der Waals surface area (Å²) in [7, 11) is 0. The summed E-state index contributed by atoms with van der Waals surface area (Å²) in [6.07, 6.45) is -4.57. The van der Waals surface area contributed by atoms with E-state index in [2.05, 4.69) is 20.6 Å². The van der Waals surface area contributed by atoms with E-state index in [4.69, 9.17) is 11.6 Å². The van der Waals surface area contributed by atoms with Gasteiger partial charge in [-0.2, -0.15) is 13.2 Å². The first-order valence-electron chi connectivity index (χ1n) is 7.36. The lowest BCUT2D eigenvalue weighted by molar-refractivity contribution is -0.137. The van der Waals surface area contributed by atoms with Gasteiger partial charge in [0, 0.05) is 17.8 Å². The molecule has 5 nitrogen and oxygen atoms in total. The number of carbonyl (C=O) groups excluding carboxylic acids is 1. The Kier molecular flexibility index (Phi) is 5.52. The Morgan fingerprint density at radius 2 is 1.88 bits per heavy atom. The van der Waals surface area contributed by atoms with Gasteiger partial charge in [0.15, 0.2) is 0 Å². The van der Waals surface area contributed by atoms with Gasteiger partial charge in [0.2, 0.25) is 0 Å². The molecule has 0 aliphatic heterocycles. The van der Waals surface area contributed by atoms with Gasteiger partial charge in [-0.3, -0.25) is 4.79 Å². The molecule has 0 unspecified atom stereocenters. The van der Waals surface area contributed by atoms with Crippen LogP contribution in [0.3, 0.4) is 0 Å². The van der Waals surface area contributed by atoms with Crippen LogP contribution in [0.1, 0.15) is 35.7 Å². The lowest BCUT2D eigenvalue weighted by Gasteiger charge is -2.13. The van der Waals surface area contributed by atoms with Crippen LogP contribution in [-0.4, -0.2) is 21.9 Å². The third-order valence-corrected chi connectivity index (χ3v) is 3.36. The van der Waals surface area contributed by atoms with Gasteiger partial charge in [0.1, 0.15) is 17.3 Å². The smallest absolute Gasteiger partial charge is 0.349 e. The van der Waals surface area contributed by atoms with Crippen molar-refractivity contribution in [2.75, 3.05) is 5.32 Å². The van der Waals surface area contributed by atoms with Gasteiger partial charge in [0.25, 0.3) is 5.91 Å². The Labute approximate surface area is 147 Å². The lowest BCUT2D eigenvalue weighted by atomic mass is 10.2. The summed E-state index contributed by atoms with van der Waals surface area (Å²) in [5.41, 5.74) is -0.693. The largest absolute Gasteiger partial charge is 0.417 e. The van der Waals surface area contributed by atoms with Crippen molar-refractivity contribution in [2.45, 2.75) is 33.0 Å². The Morgan fingerprint density at radius 1 is 1.20 bits per heavy atom. The minimum absolute atomic E-state index is 0.0789. The monoisotopic (exact) mass is 372 g/mol. The molecule has 134 valence electrons. The van der Waals surface area contributed by atoms with Crippen molar-refractivity contribution in [1.82, 2.24) is 15.3 Å². The maximum absolute atomic E-state index is 12.9. The maximum atomic E-state index is 12.9. The average molecular weight is 373 g/mol. The number of nitrogens with zero attached hydrogens (tertiary/aromatic N) is 2. The molecule has 1 aromatic carbocycles. The molecular weight excluding hydrogens is 357 g/mol. The summed E-state index contributed by atoms with van der Waals surface area (Å²) < 4.78 is 38.8. The molecular formula is C16H16ClF3N4O. The van der Waals surface area contributed by atoms with Gasteiger partial charge in [-0.25, -0.2) is 9.97 Å². The SMILES string of the molecule is Cc1nc(Nc2ccc(Cl)c(C(F)(F)F)c2)cc(C(=O)NC(C)C)n1. The average Bonchev–Trinajstić information content (AvgIpc) is 2.47. The van der Waals surface area contributed by atoms with Gasteiger partial charge in [-0.1, -0.05) is 11.6 Å². The molecule has 25 heavy (non-hydrogen) atoms. The molecule has 2 rings (SSSR count). The predicted molar refractivity (Wildman–Crippen MR) is 89.1 cm³/mol. The van der Waals surface area contributed by atoms with E-state index < -0.39 is 22.7 Å². The number of anilines is 2. The second-order valence-electron chi connectivity index (χ2n) is 5.63. The second kappa shape index (κ2) is 7.26. The van der Waals surface area contributed by atoms with Crippen LogP contribution in [0.5, 0.6) is 0 Å². The molecule has 0 aliphatic rings. The van der Waals surface area contributed by atoms with E-state index in [0.717, 1.165) is 12.1 Å². The zero-order valence-electron chi connectivity index (χ0n) is 13.7. The minimum Gasteiger partial charge on any atom is -0.349 e. The van der Waals surface area contributed by atoms with E-state index in [-0.39, 0.29) is 23.2 Å². The number of amides is 1. The molecule has 9 heteroatoms. The van der Waals surface area contributed by atoms with Crippen molar-refractivity contribution >= 4 is 29.0 Å². The van der Waals surface area contributed by atoms with E-state index >= 15 is 0 Å². The number of hydrogen-bond donors (Lipinski definition) is 2. The molecule has 0 saturated heterocycles. The quantitative estimate of drug-likeness (QED) is 0.837. The van der Waals surface area contributed by atoms with Crippen molar-refractivity contribution < 1.29 is 18.0 Å². The molecule has 1 heterocycles. The van der Waals surface area contributed by atoms with E-state index in [1.807, 2.05) is 0 Å². The summed E-state index contributed by atoms with van der Waals surface area (Å²) in [5.74, 6) is 0.122. The van der Waals surface area contributed by atoms with Gasteiger partial charge < -0.3 is 10.6 Å². The highest BCUT2D eigenvalue weighted by atomic mass is 35.5. The summed E-state index contributed by atoms with van der Waals surface area (Å²) in [6, 6.07) is 4.71. The van der Waals surface area contributed by atoms with Crippen LogP contribution >= 0.6 is 11.6 Å². The van der Waals surface area contributed by atoms with Crippen LogP contribution in [0.25, 0.3) is 0 Å². The topological polar surface area (TPSA) is 66.9 Å². The molecule has 2 aromatic rings. The van der Waals surface area contributed by atoms with Crippen LogP contribution in [-0.2, 0) is 6.18 Å². The van der Waals surface area contributed by atoms with Crippen LogP contribution in [0.2, 0.25) is 5.02 Å². The highest BCUT2D eigenvalue weighted by Crippen LogP contribution is 2.36. The minimum atomic E-state index is -4.57. The van der Waals surface area contributed by atoms with Crippen molar-refractivity contribution in [3.8, 4) is 0 Å². The molecule has 1 aromatic heterocycles. The standard InChI is InChI=1S/C16H16ClF3N4O/c1-8(2)21-15(25)13-7-14(23-9(3)22-13)24-10-4-5-12(17)11(6-10)16(18,19)20/h4-8H,1-3H3,(H,21,25)(H,22,23,24). The highest BCUT2D eigenvalue weighted by molar-refractivity contribution is 6.31. The molecule has 0 bridgehead atoms. The molecule has 0 atom stereocenters. The fourth-order valence-corrected chi connectivity index (χ4v) is 2.28. The fourth-order valence-electron chi connectivity index (χ4n) is 2.05. The maximum Gasteiger partial charge on any atom is 0.417 e. The Bertz CT molecular complexity index is 793. The van der Waals surface area contributed by atoms with E-state index in [0.29, 0.717) is 5.82 Å². The normalized spacial score (nSPS) is 11.5. The van der Waals surface area contributed by atoms with Gasteiger partial charge in [0.05, 0.1) is 10.6 Å². The molecule has 0 spiro atoms. The zero-order chi connectivity index (χ0) is 18.8. The van der Waals surface area contributed by atoms with Crippen LogP contribution in [0, 0.1) is 6.92 Å². The number of benzene rings is 1. The van der Waals surface area contributed by atoms with Gasteiger partial charge in [-0.15, -0.1) is 0 Å². The number of carbonyl (C=O) groups is 1. The second-order valence-corrected chi connectivity index (χ2v) is 6.04. The lowest BCUT2D eigenvalue weighted by Crippen LogP contribution is -2.31. The van der Waals surface area contributed by atoms with Crippen LogP contribution in [0.15, 0.2) is 24.3 Å². The van der Waals surface area contributed by atoms with Gasteiger partial charge in [-0.05, 0) is 39.0 Å². The summed E-state index contributed by atoms with van der Waals surface area (Å²) in [5, 5.41) is 5.04. The van der Waals surface area contributed by atoms with Crippen molar-refractivity contribution in [3.63, 3.8) is 0 Å². The van der Waals surface area contributed by atoms with Crippen molar-refractivity contribution in [3.05, 3.63) is 46.4 Å². The number of hydrogen-bond acceptors (Lipinski definition) is 4. The van der Waals surface area contributed by atoms with Crippen molar-refractivity contribution in [1.29, 1.82) is 0 Å². The molecule has 0 saturated carbocycles. The molecule has 1 amide bonds. The number of aryl methyl sites for hydroxylation is 1. The predicted octanol–water partition coefficient (Wildman–Crippen LogP) is 4.34.